The maximum absolute atomic E-state index is 12.1. The molecule has 0 amide bonds. The van der Waals surface area contributed by atoms with Gasteiger partial charge in [0.2, 0.25) is 0 Å². The zero-order valence-corrected chi connectivity index (χ0v) is 14.6. The Hall–Kier alpha value is -1.88. The lowest BCUT2D eigenvalue weighted by Crippen LogP contribution is -2.47. The van der Waals surface area contributed by atoms with E-state index in [1.807, 2.05) is 30.3 Å². The van der Waals surface area contributed by atoms with Crippen LogP contribution in [0.4, 0.5) is 0 Å². The van der Waals surface area contributed by atoms with Crippen molar-refractivity contribution in [3.63, 3.8) is 0 Å². The summed E-state index contributed by atoms with van der Waals surface area (Å²) in [5.41, 5.74) is 0.979. The number of piperidine rings is 1. The predicted molar refractivity (Wildman–Crippen MR) is 91.2 cm³/mol. The number of hydrogen-bond acceptors (Lipinski definition) is 5. The number of benzene rings is 1. The SMILES string of the molecule is CCC1CCN(CC(=O)OCc2ccccc2)C(COC(C)=O)C1. The fraction of sp³-hybridized carbons (Fsp3) is 0.579. The molecule has 0 N–H and O–H groups in total. The average Bonchev–Trinajstić information content (AvgIpc) is 2.60. The summed E-state index contributed by atoms with van der Waals surface area (Å²) in [5, 5.41) is 0. The quantitative estimate of drug-likeness (QED) is 0.718. The van der Waals surface area contributed by atoms with Crippen molar-refractivity contribution in [2.24, 2.45) is 5.92 Å². The molecular formula is C19H27NO4. The Morgan fingerprint density at radius 1 is 1.21 bits per heavy atom. The van der Waals surface area contributed by atoms with Gasteiger partial charge in [-0.05, 0) is 30.9 Å². The molecule has 5 nitrogen and oxygen atoms in total. The van der Waals surface area contributed by atoms with Crippen LogP contribution in [0.3, 0.4) is 0 Å². The maximum atomic E-state index is 12.1. The second kappa shape index (κ2) is 9.42. The molecule has 1 heterocycles. The summed E-state index contributed by atoms with van der Waals surface area (Å²) in [5.74, 6) is 0.115. The van der Waals surface area contributed by atoms with Gasteiger partial charge in [0.1, 0.15) is 13.2 Å². The van der Waals surface area contributed by atoms with Gasteiger partial charge >= 0.3 is 11.9 Å². The lowest BCUT2D eigenvalue weighted by Gasteiger charge is -2.38. The molecule has 0 bridgehead atoms. The Balaban J connectivity index is 1.85. The van der Waals surface area contributed by atoms with Gasteiger partial charge < -0.3 is 9.47 Å². The number of carbonyl (C=O) groups is 2. The minimum Gasteiger partial charge on any atom is -0.464 e. The van der Waals surface area contributed by atoms with Crippen molar-refractivity contribution < 1.29 is 19.1 Å². The minimum atomic E-state index is -0.278. The number of nitrogens with zero attached hydrogens (tertiary/aromatic N) is 1. The number of likely N-dealkylation sites (tertiary alicyclic amines) is 1. The van der Waals surface area contributed by atoms with Gasteiger partial charge in [0.05, 0.1) is 6.54 Å². The largest absolute Gasteiger partial charge is 0.464 e. The van der Waals surface area contributed by atoms with Crippen molar-refractivity contribution in [1.82, 2.24) is 4.90 Å². The van der Waals surface area contributed by atoms with Crippen LogP contribution in [0, 0.1) is 5.92 Å². The molecular weight excluding hydrogens is 306 g/mol. The lowest BCUT2D eigenvalue weighted by molar-refractivity contribution is -0.149. The van der Waals surface area contributed by atoms with Gasteiger partial charge in [-0.1, -0.05) is 43.7 Å². The first-order valence-electron chi connectivity index (χ1n) is 8.65. The van der Waals surface area contributed by atoms with E-state index in [0.717, 1.165) is 31.4 Å². The van der Waals surface area contributed by atoms with Crippen LogP contribution in [0.1, 0.15) is 38.7 Å². The third-order valence-corrected chi connectivity index (χ3v) is 4.58. The highest BCUT2D eigenvalue weighted by Gasteiger charge is 2.30. The molecule has 5 heteroatoms. The number of rotatable bonds is 7. The molecule has 0 saturated carbocycles. The van der Waals surface area contributed by atoms with Crippen LogP contribution >= 0.6 is 0 Å². The molecule has 0 aromatic heterocycles. The third kappa shape index (κ3) is 5.96. The number of ether oxygens (including phenoxy) is 2. The summed E-state index contributed by atoms with van der Waals surface area (Å²) in [4.78, 5) is 25.3. The second-order valence-electron chi connectivity index (χ2n) is 6.37. The highest BCUT2D eigenvalue weighted by molar-refractivity contribution is 5.71. The number of esters is 2. The molecule has 2 atom stereocenters. The Morgan fingerprint density at radius 3 is 2.62 bits per heavy atom. The summed E-state index contributed by atoms with van der Waals surface area (Å²) in [6, 6.07) is 9.74. The molecule has 132 valence electrons. The average molecular weight is 333 g/mol. The van der Waals surface area contributed by atoms with Gasteiger partial charge in [0.25, 0.3) is 0 Å². The first kappa shape index (κ1) is 18.5. The van der Waals surface area contributed by atoms with Crippen molar-refractivity contribution in [3.8, 4) is 0 Å². The molecule has 1 fully saturated rings. The fourth-order valence-corrected chi connectivity index (χ4v) is 3.10. The molecule has 2 unspecified atom stereocenters. The summed E-state index contributed by atoms with van der Waals surface area (Å²) in [7, 11) is 0. The molecule has 2 rings (SSSR count). The van der Waals surface area contributed by atoms with E-state index < -0.39 is 0 Å². The van der Waals surface area contributed by atoms with Crippen LogP contribution in [-0.2, 0) is 25.7 Å². The molecule has 24 heavy (non-hydrogen) atoms. The van der Waals surface area contributed by atoms with Crippen LogP contribution in [0.2, 0.25) is 0 Å². The zero-order valence-electron chi connectivity index (χ0n) is 14.6. The van der Waals surface area contributed by atoms with Crippen LogP contribution < -0.4 is 0 Å². The Kier molecular flexibility index (Phi) is 7.25. The van der Waals surface area contributed by atoms with E-state index in [9.17, 15) is 9.59 Å². The van der Waals surface area contributed by atoms with Crippen molar-refractivity contribution >= 4 is 11.9 Å². The molecule has 1 saturated heterocycles. The van der Waals surface area contributed by atoms with E-state index in [0.29, 0.717) is 19.1 Å². The van der Waals surface area contributed by atoms with Crippen LogP contribution in [0.25, 0.3) is 0 Å². The van der Waals surface area contributed by atoms with Crippen molar-refractivity contribution in [1.29, 1.82) is 0 Å². The minimum absolute atomic E-state index is 0.0943. The smallest absolute Gasteiger partial charge is 0.320 e. The van der Waals surface area contributed by atoms with E-state index in [1.165, 1.54) is 6.92 Å². The second-order valence-corrected chi connectivity index (χ2v) is 6.37. The maximum Gasteiger partial charge on any atom is 0.320 e. The summed E-state index contributed by atoms with van der Waals surface area (Å²) in [6.07, 6.45) is 3.14. The van der Waals surface area contributed by atoms with Crippen molar-refractivity contribution in [3.05, 3.63) is 35.9 Å². The lowest BCUT2D eigenvalue weighted by atomic mass is 9.89. The summed E-state index contributed by atoms with van der Waals surface area (Å²) < 4.78 is 10.6. The molecule has 1 aromatic carbocycles. The first-order valence-corrected chi connectivity index (χ1v) is 8.65. The summed E-state index contributed by atoms with van der Waals surface area (Å²) >= 11 is 0. The van der Waals surface area contributed by atoms with Crippen molar-refractivity contribution in [2.75, 3.05) is 19.7 Å². The normalized spacial score (nSPS) is 21.2. The van der Waals surface area contributed by atoms with Gasteiger partial charge in [0, 0.05) is 13.0 Å². The molecule has 1 aliphatic rings. The van der Waals surface area contributed by atoms with E-state index in [1.54, 1.807) is 0 Å². The standard InChI is InChI=1S/C19H27NO4/c1-3-16-9-10-20(18(11-16)14-23-15(2)21)12-19(22)24-13-17-7-5-4-6-8-17/h4-8,16,18H,3,9-14H2,1-2H3. The molecule has 0 aliphatic carbocycles. The van der Waals surface area contributed by atoms with Crippen molar-refractivity contribution in [2.45, 2.75) is 45.8 Å². The topological polar surface area (TPSA) is 55.8 Å². The predicted octanol–water partition coefficient (Wildman–Crippen LogP) is 2.78. The van der Waals surface area contributed by atoms with E-state index in [4.69, 9.17) is 9.47 Å². The van der Waals surface area contributed by atoms with Gasteiger partial charge in [-0.15, -0.1) is 0 Å². The summed E-state index contributed by atoms with van der Waals surface area (Å²) in [6.45, 7) is 5.31. The highest BCUT2D eigenvalue weighted by atomic mass is 16.5. The van der Waals surface area contributed by atoms with Gasteiger partial charge in [-0.3, -0.25) is 14.5 Å². The zero-order chi connectivity index (χ0) is 17.4. The Labute approximate surface area is 143 Å². The number of hydrogen-bond donors (Lipinski definition) is 0. The molecule has 1 aromatic rings. The van der Waals surface area contributed by atoms with Gasteiger partial charge in [-0.25, -0.2) is 0 Å². The van der Waals surface area contributed by atoms with Crippen LogP contribution in [-0.4, -0.2) is 42.6 Å². The van der Waals surface area contributed by atoms with Crippen LogP contribution in [0.5, 0.6) is 0 Å². The van der Waals surface area contributed by atoms with E-state index in [-0.39, 0.29) is 24.5 Å². The fourth-order valence-electron chi connectivity index (χ4n) is 3.10. The first-order chi connectivity index (χ1) is 11.6. The highest BCUT2D eigenvalue weighted by Crippen LogP contribution is 2.25. The van der Waals surface area contributed by atoms with E-state index >= 15 is 0 Å². The van der Waals surface area contributed by atoms with Crippen LogP contribution in [0.15, 0.2) is 30.3 Å². The third-order valence-electron chi connectivity index (χ3n) is 4.58. The number of carbonyl (C=O) groups excluding carboxylic acids is 2. The Bertz CT molecular complexity index is 531. The van der Waals surface area contributed by atoms with Gasteiger partial charge in [-0.2, -0.15) is 0 Å². The van der Waals surface area contributed by atoms with Gasteiger partial charge in [0.15, 0.2) is 0 Å². The molecule has 0 spiro atoms. The molecule has 0 radical (unpaired) electrons. The van der Waals surface area contributed by atoms with E-state index in [2.05, 4.69) is 11.8 Å². The molecule has 1 aliphatic heterocycles. The monoisotopic (exact) mass is 333 g/mol. The Morgan fingerprint density at radius 2 is 1.96 bits per heavy atom.